The van der Waals surface area contributed by atoms with Gasteiger partial charge < -0.3 is 9.84 Å². The number of sulfonamides is 1. The lowest BCUT2D eigenvalue weighted by molar-refractivity contribution is -0.157. The van der Waals surface area contributed by atoms with Crippen molar-refractivity contribution in [2.24, 2.45) is 0 Å². The van der Waals surface area contributed by atoms with Crippen LogP contribution in [0.3, 0.4) is 0 Å². The number of aliphatic carboxylic acids is 1. The Morgan fingerprint density at radius 1 is 1.45 bits per heavy atom. The van der Waals surface area contributed by atoms with Gasteiger partial charge in [0.05, 0.1) is 10.5 Å². The Kier molecular flexibility index (Phi) is 4.19. The zero-order chi connectivity index (χ0) is 15.0. The van der Waals surface area contributed by atoms with Crippen LogP contribution in [0.1, 0.15) is 6.92 Å². The quantitative estimate of drug-likeness (QED) is 0.852. The highest BCUT2D eigenvalue weighted by molar-refractivity contribution is 9.10. The molecular weight excluding hydrogens is 350 g/mol. The predicted octanol–water partition coefficient (Wildman–Crippen LogP) is 1.31. The topological polar surface area (TPSA) is 83.9 Å². The van der Waals surface area contributed by atoms with Gasteiger partial charge in [0, 0.05) is 17.6 Å². The summed E-state index contributed by atoms with van der Waals surface area (Å²) in [6.45, 7) is 1.55. The molecule has 1 fully saturated rings. The molecule has 8 heteroatoms. The summed E-state index contributed by atoms with van der Waals surface area (Å²) in [5.74, 6) is -1.07. The first-order valence-electron chi connectivity index (χ1n) is 5.85. The van der Waals surface area contributed by atoms with Crippen LogP contribution in [0.25, 0.3) is 0 Å². The minimum Gasteiger partial charge on any atom is -0.480 e. The van der Waals surface area contributed by atoms with Gasteiger partial charge in [0.25, 0.3) is 0 Å². The van der Waals surface area contributed by atoms with Crippen LogP contribution in [0.15, 0.2) is 33.6 Å². The molecule has 2 rings (SSSR count). The normalized spacial score (nSPS) is 18.5. The van der Waals surface area contributed by atoms with Gasteiger partial charge in [0.2, 0.25) is 10.0 Å². The molecule has 0 spiro atoms. The maximum Gasteiger partial charge on any atom is 0.329 e. The molecule has 0 aromatic heterocycles. The van der Waals surface area contributed by atoms with Crippen molar-refractivity contribution >= 4 is 31.9 Å². The standard InChI is InChI=1S/C12H14BrNO5S/c1-12(19-6-11(15)16)7-14(8-12)20(17,18)10-5-3-2-4-9(10)13/h2-5H,6-8H2,1H3,(H,15,16). The highest BCUT2D eigenvalue weighted by Crippen LogP contribution is 2.33. The Hall–Kier alpha value is -0.960. The fourth-order valence-corrected chi connectivity index (χ4v) is 4.62. The maximum absolute atomic E-state index is 12.4. The summed E-state index contributed by atoms with van der Waals surface area (Å²) >= 11 is 3.22. The van der Waals surface area contributed by atoms with Gasteiger partial charge in [0.15, 0.2) is 0 Å². The van der Waals surface area contributed by atoms with Crippen molar-refractivity contribution in [1.82, 2.24) is 4.31 Å². The van der Waals surface area contributed by atoms with Crippen LogP contribution >= 0.6 is 15.9 Å². The van der Waals surface area contributed by atoms with E-state index in [4.69, 9.17) is 9.84 Å². The van der Waals surface area contributed by atoms with E-state index in [-0.39, 0.29) is 18.0 Å². The molecule has 1 heterocycles. The molecule has 0 radical (unpaired) electrons. The second kappa shape index (κ2) is 5.44. The van der Waals surface area contributed by atoms with E-state index in [1.54, 1.807) is 25.1 Å². The molecule has 1 saturated heterocycles. The number of rotatable bonds is 5. The lowest BCUT2D eigenvalue weighted by atomic mass is 10.0. The summed E-state index contributed by atoms with van der Waals surface area (Å²) in [5, 5.41) is 8.57. The summed E-state index contributed by atoms with van der Waals surface area (Å²) in [6.07, 6.45) is 0. The van der Waals surface area contributed by atoms with Crippen molar-refractivity contribution in [1.29, 1.82) is 0 Å². The lowest BCUT2D eigenvalue weighted by Crippen LogP contribution is -2.63. The third-order valence-corrected chi connectivity index (χ3v) is 5.82. The third kappa shape index (κ3) is 3.03. The van der Waals surface area contributed by atoms with Gasteiger partial charge in [0.1, 0.15) is 6.61 Å². The molecule has 110 valence electrons. The van der Waals surface area contributed by atoms with E-state index in [1.165, 1.54) is 10.4 Å². The van der Waals surface area contributed by atoms with E-state index < -0.39 is 28.2 Å². The molecule has 1 aromatic rings. The molecule has 1 aliphatic rings. The van der Waals surface area contributed by atoms with Gasteiger partial charge in [-0.1, -0.05) is 12.1 Å². The number of halogens is 1. The molecule has 0 aliphatic carbocycles. The van der Waals surface area contributed by atoms with Crippen LogP contribution in [0.4, 0.5) is 0 Å². The van der Waals surface area contributed by atoms with E-state index in [0.29, 0.717) is 4.47 Å². The van der Waals surface area contributed by atoms with Gasteiger partial charge in [-0.05, 0) is 35.0 Å². The number of carbonyl (C=O) groups is 1. The van der Waals surface area contributed by atoms with Crippen LogP contribution in [0.5, 0.6) is 0 Å². The summed E-state index contributed by atoms with van der Waals surface area (Å²) < 4.78 is 31.7. The van der Waals surface area contributed by atoms with Gasteiger partial charge in [-0.15, -0.1) is 0 Å². The average molecular weight is 364 g/mol. The van der Waals surface area contributed by atoms with Crippen molar-refractivity contribution in [2.75, 3.05) is 19.7 Å². The Labute approximate surface area is 125 Å². The predicted molar refractivity (Wildman–Crippen MR) is 74.9 cm³/mol. The molecule has 1 aromatic carbocycles. The van der Waals surface area contributed by atoms with Crippen LogP contribution in [-0.4, -0.2) is 49.1 Å². The Bertz CT molecular complexity index is 624. The maximum atomic E-state index is 12.4. The van der Waals surface area contributed by atoms with Crippen LogP contribution in [0, 0.1) is 0 Å². The van der Waals surface area contributed by atoms with E-state index in [1.807, 2.05) is 0 Å². The fourth-order valence-electron chi connectivity index (χ4n) is 1.99. The van der Waals surface area contributed by atoms with Gasteiger partial charge >= 0.3 is 5.97 Å². The Morgan fingerprint density at radius 2 is 2.05 bits per heavy atom. The molecule has 0 unspecified atom stereocenters. The van der Waals surface area contributed by atoms with E-state index in [9.17, 15) is 13.2 Å². The smallest absolute Gasteiger partial charge is 0.329 e. The summed E-state index contributed by atoms with van der Waals surface area (Å²) in [4.78, 5) is 10.7. The zero-order valence-corrected chi connectivity index (χ0v) is 13.1. The number of nitrogens with zero attached hydrogens (tertiary/aromatic N) is 1. The fraction of sp³-hybridized carbons (Fsp3) is 0.417. The molecule has 0 bridgehead atoms. The second-order valence-electron chi connectivity index (χ2n) is 4.84. The highest BCUT2D eigenvalue weighted by atomic mass is 79.9. The second-order valence-corrected chi connectivity index (χ2v) is 7.60. The van der Waals surface area contributed by atoms with Gasteiger partial charge in [-0.3, -0.25) is 0 Å². The average Bonchev–Trinajstić information content (AvgIpc) is 2.33. The van der Waals surface area contributed by atoms with Crippen molar-refractivity contribution in [3.8, 4) is 0 Å². The molecule has 0 saturated carbocycles. The first-order valence-corrected chi connectivity index (χ1v) is 8.08. The number of benzene rings is 1. The summed E-state index contributed by atoms with van der Waals surface area (Å²) in [7, 11) is -3.58. The van der Waals surface area contributed by atoms with E-state index >= 15 is 0 Å². The van der Waals surface area contributed by atoms with Crippen molar-refractivity contribution in [3.63, 3.8) is 0 Å². The number of carboxylic acid groups (broad SMARTS) is 1. The molecular formula is C12H14BrNO5S. The molecule has 20 heavy (non-hydrogen) atoms. The van der Waals surface area contributed by atoms with Gasteiger partial charge in [-0.25, -0.2) is 13.2 Å². The van der Waals surface area contributed by atoms with E-state index in [0.717, 1.165) is 0 Å². The van der Waals surface area contributed by atoms with Crippen molar-refractivity contribution in [2.45, 2.75) is 17.4 Å². The summed E-state index contributed by atoms with van der Waals surface area (Å²) in [5.41, 5.74) is -0.743. The zero-order valence-electron chi connectivity index (χ0n) is 10.7. The van der Waals surface area contributed by atoms with Crippen LogP contribution < -0.4 is 0 Å². The van der Waals surface area contributed by atoms with Crippen LogP contribution in [0.2, 0.25) is 0 Å². The minimum absolute atomic E-state index is 0.143. The first kappa shape index (κ1) is 15.4. The summed E-state index contributed by atoms with van der Waals surface area (Å²) in [6, 6.07) is 6.57. The monoisotopic (exact) mass is 363 g/mol. The van der Waals surface area contributed by atoms with Gasteiger partial charge in [-0.2, -0.15) is 4.31 Å². The van der Waals surface area contributed by atoms with Crippen molar-refractivity contribution < 1.29 is 23.1 Å². The Balaban J connectivity index is 2.08. The van der Waals surface area contributed by atoms with Crippen molar-refractivity contribution in [3.05, 3.63) is 28.7 Å². The number of hydrogen-bond donors (Lipinski definition) is 1. The first-order chi connectivity index (χ1) is 9.24. The minimum atomic E-state index is -3.58. The highest BCUT2D eigenvalue weighted by Gasteiger charge is 2.46. The molecule has 1 aliphatic heterocycles. The number of ether oxygens (including phenoxy) is 1. The van der Waals surface area contributed by atoms with Crippen LogP contribution in [-0.2, 0) is 19.6 Å². The lowest BCUT2D eigenvalue weighted by Gasteiger charge is -2.46. The van der Waals surface area contributed by atoms with E-state index in [2.05, 4.69) is 15.9 Å². The third-order valence-electron chi connectivity index (χ3n) is 3.02. The molecule has 0 amide bonds. The molecule has 0 atom stereocenters. The Morgan fingerprint density at radius 3 is 2.60 bits per heavy atom. The largest absolute Gasteiger partial charge is 0.480 e. The number of hydrogen-bond acceptors (Lipinski definition) is 4. The molecule has 6 nitrogen and oxygen atoms in total. The SMILES string of the molecule is CC1(OCC(=O)O)CN(S(=O)(=O)c2ccccc2Br)C1. The molecule has 1 N–H and O–H groups in total. The number of carboxylic acids is 1.